The van der Waals surface area contributed by atoms with Crippen molar-refractivity contribution in [1.29, 1.82) is 0 Å². The molecule has 0 saturated carbocycles. The van der Waals surface area contributed by atoms with Gasteiger partial charge in [-0.3, -0.25) is 4.79 Å². The van der Waals surface area contributed by atoms with E-state index in [1.165, 1.54) is 0 Å². The van der Waals surface area contributed by atoms with Crippen molar-refractivity contribution in [3.63, 3.8) is 0 Å². The molecule has 10 heteroatoms. The van der Waals surface area contributed by atoms with Crippen LogP contribution in [0.3, 0.4) is 0 Å². The van der Waals surface area contributed by atoms with E-state index in [1.54, 1.807) is 6.92 Å². The second-order valence-corrected chi connectivity index (χ2v) is 4.50. The number of hydrogen-bond donors (Lipinski definition) is 5. The molecular formula is C11H19N5O5. The van der Waals surface area contributed by atoms with Gasteiger partial charge in [0.15, 0.2) is 5.82 Å². The molecule has 2 amide bonds. The average Bonchev–Trinajstić information content (AvgIpc) is 2.91. The normalized spacial score (nSPS) is 13.5. The average molecular weight is 301 g/mol. The highest BCUT2D eigenvalue weighted by molar-refractivity contribution is 5.74. The topological polar surface area (TPSA) is 164 Å². The van der Waals surface area contributed by atoms with E-state index in [0.29, 0.717) is 6.42 Å². The van der Waals surface area contributed by atoms with Crippen LogP contribution in [0.5, 0.6) is 0 Å². The summed E-state index contributed by atoms with van der Waals surface area (Å²) in [6.45, 7) is 1.39. The summed E-state index contributed by atoms with van der Waals surface area (Å²) in [6.07, 6.45) is 0.312. The fraction of sp³-hybridized carbons (Fsp3) is 0.636. The number of nitrogens with one attached hydrogen (secondary N) is 2. The monoisotopic (exact) mass is 301 g/mol. The highest BCUT2D eigenvalue weighted by Gasteiger charge is 2.14. The molecule has 0 fully saturated rings. The zero-order valence-electron chi connectivity index (χ0n) is 11.6. The Labute approximate surface area is 120 Å². The molecule has 0 aliphatic rings. The van der Waals surface area contributed by atoms with Gasteiger partial charge in [0.1, 0.15) is 0 Å². The van der Waals surface area contributed by atoms with Crippen LogP contribution in [-0.4, -0.2) is 45.0 Å². The van der Waals surface area contributed by atoms with Crippen molar-refractivity contribution in [3.05, 3.63) is 11.7 Å². The minimum Gasteiger partial charge on any atom is -0.481 e. The third-order valence-electron chi connectivity index (χ3n) is 2.58. The molecule has 0 radical (unpaired) electrons. The summed E-state index contributed by atoms with van der Waals surface area (Å²) in [7, 11) is 0. The lowest BCUT2D eigenvalue weighted by molar-refractivity contribution is -0.137. The number of nitrogens with two attached hydrogens (primary N) is 1. The highest BCUT2D eigenvalue weighted by Crippen LogP contribution is 2.05. The first-order chi connectivity index (χ1) is 9.92. The summed E-state index contributed by atoms with van der Waals surface area (Å²) in [5.74, 6) is -0.602. The number of urea groups is 1. The Morgan fingerprint density at radius 2 is 2.19 bits per heavy atom. The van der Waals surface area contributed by atoms with Crippen LogP contribution in [0.2, 0.25) is 0 Å². The number of carbonyl (C=O) groups excluding carboxylic acids is 1. The quantitative estimate of drug-likeness (QED) is 0.413. The van der Waals surface area contributed by atoms with Crippen molar-refractivity contribution in [2.75, 3.05) is 6.61 Å². The lowest BCUT2D eigenvalue weighted by atomic mass is 10.2. The standard InChI is InChI=1S/C11H19N5O5/c1-6(2-3-9(18)19)14-11(20)13-4-8-15-10(16-21-8)7(12)5-17/h6-7,17H,2-5,12H2,1H3,(H,18,19)(H2,13,14,20). The lowest BCUT2D eigenvalue weighted by Gasteiger charge is -2.12. The van der Waals surface area contributed by atoms with Crippen LogP contribution in [0, 0.1) is 0 Å². The van der Waals surface area contributed by atoms with E-state index in [1.807, 2.05) is 0 Å². The Morgan fingerprint density at radius 1 is 1.48 bits per heavy atom. The summed E-state index contributed by atoms with van der Waals surface area (Å²) >= 11 is 0. The van der Waals surface area contributed by atoms with Crippen molar-refractivity contribution in [2.24, 2.45) is 5.73 Å². The maximum Gasteiger partial charge on any atom is 0.315 e. The number of carbonyl (C=O) groups is 2. The number of aromatic nitrogens is 2. The van der Waals surface area contributed by atoms with Gasteiger partial charge in [0.05, 0.1) is 19.2 Å². The van der Waals surface area contributed by atoms with Gasteiger partial charge < -0.3 is 31.1 Å². The van der Waals surface area contributed by atoms with Gasteiger partial charge in [-0.05, 0) is 13.3 Å². The molecule has 2 atom stereocenters. The summed E-state index contributed by atoms with van der Waals surface area (Å²) < 4.78 is 4.85. The summed E-state index contributed by atoms with van der Waals surface area (Å²) in [6, 6.07) is -1.48. The SMILES string of the molecule is CC(CCC(=O)O)NC(=O)NCc1nc(C(N)CO)no1. The second kappa shape index (κ2) is 8.17. The second-order valence-electron chi connectivity index (χ2n) is 4.50. The summed E-state index contributed by atoms with van der Waals surface area (Å²) in [4.78, 5) is 25.9. The van der Waals surface area contributed by atoms with Gasteiger partial charge in [-0.1, -0.05) is 5.16 Å². The molecular weight excluding hydrogens is 282 g/mol. The third-order valence-corrected chi connectivity index (χ3v) is 2.58. The first kappa shape index (κ1) is 16.9. The molecule has 0 aromatic carbocycles. The van der Waals surface area contributed by atoms with Crippen molar-refractivity contribution in [3.8, 4) is 0 Å². The van der Waals surface area contributed by atoms with Gasteiger partial charge in [-0.2, -0.15) is 4.98 Å². The molecule has 21 heavy (non-hydrogen) atoms. The lowest BCUT2D eigenvalue weighted by Crippen LogP contribution is -2.40. The molecule has 1 aromatic rings. The number of amides is 2. The van der Waals surface area contributed by atoms with E-state index in [9.17, 15) is 9.59 Å². The van der Waals surface area contributed by atoms with Crippen LogP contribution in [0.4, 0.5) is 4.79 Å². The Kier molecular flexibility index (Phi) is 6.56. The largest absolute Gasteiger partial charge is 0.481 e. The maximum atomic E-state index is 11.5. The van der Waals surface area contributed by atoms with Gasteiger partial charge >= 0.3 is 12.0 Å². The number of aliphatic carboxylic acids is 1. The molecule has 1 heterocycles. The van der Waals surface area contributed by atoms with Gasteiger partial charge in [-0.25, -0.2) is 4.79 Å². The van der Waals surface area contributed by atoms with E-state index >= 15 is 0 Å². The minimum atomic E-state index is -0.914. The molecule has 0 spiro atoms. The van der Waals surface area contributed by atoms with Crippen molar-refractivity contribution in [2.45, 2.75) is 38.4 Å². The molecule has 2 unspecified atom stereocenters. The van der Waals surface area contributed by atoms with Gasteiger partial charge in [0.25, 0.3) is 0 Å². The Morgan fingerprint density at radius 3 is 2.81 bits per heavy atom. The smallest absolute Gasteiger partial charge is 0.315 e. The van der Waals surface area contributed by atoms with Crippen LogP contribution < -0.4 is 16.4 Å². The number of nitrogens with zero attached hydrogens (tertiary/aromatic N) is 2. The molecule has 6 N–H and O–H groups in total. The van der Waals surface area contributed by atoms with Crippen molar-refractivity contribution < 1.29 is 24.3 Å². The predicted molar refractivity (Wildman–Crippen MR) is 70.0 cm³/mol. The number of aliphatic hydroxyl groups excluding tert-OH is 1. The number of hydrogen-bond acceptors (Lipinski definition) is 7. The number of rotatable bonds is 8. The molecule has 0 aliphatic heterocycles. The molecule has 0 aliphatic carbocycles. The van der Waals surface area contributed by atoms with Crippen LogP contribution >= 0.6 is 0 Å². The summed E-state index contributed by atoms with van der Waals surface area (Å²) in [5, 5.41) is 26.0. The zero-order valence-corrected chi connectivity index (χ0v) is 11.6. The van der Waals surface area contributed by atoms with E-state index in [2.05, 4.69) is 20.8 Å². The van der Waals surface area contributed by atoms with Crippen LogP contribution in [-0.2, 0) is 11.3 Å². The fourth-order valence-electron chi connectivity index (χ4n) is 1.41. The summed E-state index contributed by atoms with van der Waals surface area (Å²) in [5.41, 5.74) is 5.50. The molecule has 0 bridgehead atoms. The Hall–Kier alpha value is -2.20. The Balaban J connectivity index is 2.32. The van der Waals surface area contributed by atoms with Gasteiger partial charge in [0, 0.05) is 12.5 Å². The highest BCUT2D eigenvalue weighted by atomic mass is 16.5. The number of carboxylic acids is 1. The molecule has 118 valence electrons. The number of carboxylic acid groups (broad SMARTS) is 1. The molecule has 0 saturated heterocycles. The first-order valence-electron chi connectivity index (χ1n) is 6.37. The van der Waals surface area contributed by atoms with E-state index in [-0.39, 0.29) is 37.3 Å². The van der Waals surface area contributed by atoms with Crippen LogP contribution in [0.1, 0.15) is 37.5 Å². The zero-order chi connectivity index (χ0) is 15.8. The van der Waals surface area contributed by atoms with E-state index in [0.717, 1.165) is 0 Å². The van der Waals surface area contributed by atoms with Crippen LogP contribution in [0.15, 0.2) is 4.52 Å². The van der Waals surface area contributed by atoms with Crippen molar-refractivity contribution in [1.82, 2.24) is 20.8 Å². The van der Waals surface area contributed by atoms with E-state index < -0.39 is 18.0 Å². The molecule has 10 nitrogen and oxygen atoms in total. The maximum absolute atomic E-state index is 11.5. The van der Waals surface area contributed by atoms with E-state index in [4.69, 9.17) is 20.5 Å². The fourth-order valence-corrected chi connectivity index (χ4v) is 1.41. The van der Waals surface area contributed by atoms with Crippen LogP contribution in [0.25, 0.3) is 0 Å². The minimum absolute atomic E-state index is 0.00261. The van der Waals surface area contributed by atoms with Crippen molar-refractivity contribution >= 4 is 12.0 Å². The predicted octanol–water partition coefficient (Wildman–Crippen LogP) is -0.886. The molecule has 1 aromatic heterocycles. The number of aliphatic hydroxyl groups is 1. The van der Waals surface area contributed by atoms with Gasteiger partial charge in [-0.15, -0.1) is 0 Å². The first-order valence-corrected chi connectivity index (χ1v) is 6.37. The molecule has 1 rings (SSSR count). The third kappa shape index (κ3) is 6.19. The van der Waals surface area contributed by atoms with Gasteiger partial charge in [0.2, 0.25) is 5.89 Å². The Bertz CT molecular complexity index is 477.